The molecule has 2 fully saturated rings. The predicted molar refractivity (Wildman–Crippen MR) is 103 cm³/mol. The summed E-state index contributed by atoms with van der Waals surface area (Å²) in [6, 6.07) is 10.8. The van der Waals surface area contributed by atoms with E-state index in [0.29, 0.717) is 6.04 Å². The average Bonchev–Trinajstić information content (AvgIpc) is 2.99. The first-order valence-corrected chi connectivity index (χ1v) is 9.63. The standard InChI is InChI=1S/C21H29N3O2/c1-22(2)17-8-13-26-21(15-17)9-11-24(12-10-21)20(25)19-14-16-6-4-5-7-18(16)23(19)3/h4-7,14,17H,8-13,15H2,1-3H3. The molecule has 3 heterocycles. The summed E-state index contributed by atoms with van der Waals surface area (Å²) in [5, 5.41) is 1.12. The minimum atomic E-state index is -0.0388. The van der Waals surface area contributed by atoms with Crippen LogP contribution in [0.25, 0.3) is 10.9 Å². The molecule has 0 aliphatic carbocycles. The van der Waals surface area contributed by atoms with E-state index >= 15 is 0 Å². The highest BCUT2D eigenvalue weighted by Crippen LogP contribution is 2.36. The number of amides is 1. The summed E-state index contributed by atoms with van der Waals surface area (Å²) in [4.78, 5) is 17.4. The van der Waals surface area contributed by atoms with E-state index in [0.717, 1.165) is 62.0 Å². The van der Waals surface area contributed by atoms with Gasteiger partial charge >= 0.3 is 0 Å². The third-order valence-corrected chi connectivity index (χ3v) is 6.33. The number of ether oxygens (including phenoxy) is 1. The van der Waals surface area contributed by atoms with E-state index in [2.05, 4.69) is 31.1 Å². The van der Waals surface area contributed by atoms with Gasteiger partial charge in [0.1, 0.15) is 5.69 Å². The zero-order chi connectivity index (χ0) is 18.3. The molecule has 2 aliphatic heterocycles. The number of nitrogens with zero attached hydrogens (tertiary/aromatic N) is 3. The van der Waals surface area contributed by atoms with Crippen molar-refractivity contribution in [2.45, 2.75) is 37.3 Å². The van der Waals surface area contributed by atoms with Crippen molar-refractivity contribution in [3.05, 3.63) is 36.0 Å². The minimum Gasteiger partial charge on any atom is -0.375 e. The highest BCUT2D eigenvalue weighted by atomic mass is 16.5. The SMILES string of the molecule is CN(C)C1CCOC2(CCN(C(=O)c3cc4ccccc4n3C)CC2)C1. The number of aromatic nitrogens is 1. The van der Waals surface area contributed by atoms with Crippen LogP contribution in [0.1, 0.15) is 36.2 Å². The van der Waals surface area contributed by atoms with E-state index in [4.69, 9.17) is 4.74 Å². The Hall–Kier alpha value is -1.85. The molecule has 1 aromatic heterocycles. The number of hydrogen-bond donors (Lipinski definition) is 0. The van der Waals surface area contributed by atoms with Crippen LogP contribution in [-0.2, 0) is 11.8 Å². The Labute approximate surface area is 155 Å². The summed E-state index contributed by atoms with van der Waals surface area (Å²) in [5.74, 6) is 0.138. The van der Waals surface area contributed by atoms with Crippen molar-refractivity contribution in [2.24, 2.45) is 7.05 Å². The maximum atomic E-state index is 13.1. The topological polar surface area (TPSA) is 37.7 Å². The molecule has 140 valence electrons. The van der Waals surface area contributed by atoms with Crippen LogP contribution in [-0.4, -0.2) is 65.7 Å². The molecule has 0 saturated carbocycles. The van der Waals surface area contributed by atoms with Crippen LogP contribution in [0.3, 0.4) is 0 Å². The lowest BCUT2D eigenvalue weighted by Crippen LogP contribution is -2.53. The van der Waals surface area contributed by atoms with E-state index < -0.39 is 0 Å². The smallest absolute Gasteiger partial charge is 0.270 e. The molecule has 0 radical (unpaired) electrons. The van der Waals surface area contributed by atoms with Crippen molar-refractivity contribution in [1.82, 2.24) is 14.4 Å². The molecule has 0 bridgehead atoms. The Morgan fingerprint density at radius 2 is 1.96 bits per heavy atom. The number of piperidine rings is 1. The quantitative estimate of drug-likeness (QED) is 0.831. The fourth-order valence-corrected chi connectivity index (χ4v) is 4.56. The number of rotatable bonds is 2. The van der Waals surface area contributed by atoms with Crippen LogP contribution in [0.4, 0.5) is 0 Å². The molecule has 5 nitrogen and oxygen atoms in total. The van der Waals surface area contributed by atoms with E-state index in [9.17, 15) is 4.79 Å². The van der Waals surface area contributed by atoms with Crippen LogP contribution in [0.15, 0.2) is 30.3 Å². The molecule has 26 heavy (non-hydrogen) atoms. The second-order valence-electron chi connectivity index (χ2n) is 8.08. The summed E-state index contributed by atoms with van der Waals surface area (Å²) in [6.07, 6.45) is 4.06. The second kappa shape index (κ2) is 6.71. The molecule has 2 aliphatic rings. The van der Waals surface area contributed by atoms with Crippen molar-refractivity contribution >= 4 is 16.8 Å². The molecule has 0 N–H and O–H groups in total. The molecular formula is C21H29N3O2. The first kappa shape index (κ1) is 17.6. The van der Waals surface area contributed by atoms with E-state index in [-0.39, 0.29) is 11.5 Å². The van der Waals surface area contributed by atoms with Crippen molar-refractivity contribution < 1.29 is 9.53 Å². The number of fused-ring (bicyclic) bond motifs is 1. The summed E-state index contributed by atoms with van der Waals surface area (Å²) >= 11 is 0. The van der Waals surface area contributed by atoms with Crippen molar-refractivity contribution in [3.63, 3.8) is 0 Å². The molecule has 1 aromatic carbocycles. The Balaban J connectivity index is 1.47. The highest BCUT2D eigenvalue weighted by molar-refractivity contribution is 5.98. The van der Waals surface area contributed by atoms with Gasteiger partial charge in [-0.15, -0.1) is 0 Å². The zero-order valence-corrected chi connectivity index (χ0v) is 16.1. The molecule has 1 atom stereocenters. The van der Waals surface area contributed by atoms with Gasteiger partial charge in [0.05, 0.1) is 5.60 Å². The summed E-state index contributed by atoms with van der Waals surface area (Å²) in [5.41, 5.74) is 1.84. The lowest BCUT2D eigenvalue weighted by Gasteiger charge is -2.47. The summed E-state index contributed by atoms with van der Waals surface area (Å²) in [7, 11) is 6.29. The van der Waals surface area contributed by atoms with Gasteiger partial charge < -0.3 is 19.1 Å². The van der Waals surface area contributed by atoms with Gasteiger partial charge in [-0.3, -0.25) is 4.79 Å². The van der Waals surface area contributed by atoms with Crippen molar-refractivity contribution in [2.75, 3.05) is 33.8 Å². The van der Waals surface area contributed by atoms with Crippen LogP contribution in [0.2, 0.25) is 0 Å². The molecular weight excluding hydrogens is 326 g/mol. The average molecular weight is 355 g/mol. The molecule has 1 amide bonds. The normalized spacial score (nSPS) is 23.1. The van der Waals surface area contributed by atoms with Gasteiger partial charge in [0.2, 0.25) is 0 Å². The molecule has 5 heteroatoms. The highest BCUT2D eigenvalue weighted by Gasteiger charge is 2.41. The number of aryl methyl sites for hydroxylation is 1. The van der Waals surface area contributed by atoms with Gasteiger partial charge in [-0.2, -0.15) is 0 Å². The number of benzene rings is 1. The lowest BCUT2D eigenvalue weighted by molar-refractivity contribution is -0.125. The zero-order valence-electron chi connectivity index (χ0n) is 16.1. The van der Waals surface area contributed by atoms with E-state index in [1.165, 1.54) is 0 Å². The van der Waals surface area contributed by atoms with Crippen molar-refractivity contribution in [1.29, 1.82) is 0 Å². The van der Waals surface area contributed by atoms with Gasteiger partial charge in [-0.05, 0) is 51.9 Å². The maximum Gasteiger partial charge on any atom is 0.270 e. The third-order valence-electron chi connectivity index (χ3n) is 6.33. The first-order chi connectivity index (χ1) is 12.5. The first-order valence-electron chi connectivity index (χ1n) is 9.63. The van der Waals surface area contributed by atoms with Crippen LogP contribution in [0.5, 0.6) is 0 Å². The van der Waals surface area contributed by atoms with Crippen LogP contribution >= 0.6 is 0 Å². The van der Waals surface area contributed by atoms with Gasteiger partial charge in [0.15, 0.2) is 0 Å². The molecule has 2 aromatic rings. The largest absolute Gasteiger partial charge is 0.375 e. The number of carbonyl (C=O) groups excluding carboxylic acids is 1. The maximum absolute atomic E-state index is 13.1. The number of hydrogen-bond acceptors (Lipinski definition) is 3. The predicted octanol–water partition coefficient (Wildman–Crippen LogP) is 2.89. The monoisotopic (exact) mass is 355 g/mol. The second-order valence-corrected chi connectivity index (χ2v) is 8.08. The van der Waals surface area contributed by atoms with Crippen LogP contribution < -0.4 is 0 Å². The Kier molecular flexibility index (Phi) is 4.53. The number of carbonyl (C=O) groups is 1. The summed E-state index contributed by atoms with van der Waals surface area (Å²) in [6.45, 7) is 2.39. The number of para-hydroxylation sites is 1. The van der Waals surface area contributed by atoms with E-state index in [1.54, 1.807) is 0 Å². The molecule has 4 rings (SSSR count). The fraction of sp³-hybridized carbons (Fsp3) is 0.571. The third kappa shape index (κ3) is 3.03. The Morgan fingerprint density at radius 3 is 2.65 bits per heavy atom. The fourth-order valence-electron chi connectivity index (χ4n) is 4.56. The van der Waals surface area contributed by atoms with Gasteiger partial charge in [-0.1, -0.05) is 18.2 Å². The molecule has 1 unspecified atom stereocenters. The minimum absolute atomic E-state index is 0.0388. The molecule has 2 saturated heterocycles. The Bertz CT molecular complexity index is 803. The van der Waals surface area contributed by atoms with Crippen molar-refractivity contribution in [3.8, 4) is 0 Å². The van der Waals surface area contributed by atoms with Gasteiger partial charge in [-0.25, -0.2) is 0 Å². The van der Waals surface area contributed by atoms with E-state index in [1.807, 2.05) is 34.7 Å². The van der Waals surface area contributed by atoms with Gasteiger partial charge in [0, 0.05) is 43.7 Å². The molecule has 1 spiro atoms. The Morgan fingerprint density at radius 1 is 1.23 bits per heavy atom. The number of likely N-dealkylation sites (tertiary alicyclic amines) is 1. The van der Waals surface area contributed by atoms with Crippen LogP contribution in [0, 0.1) is 0 Å². The summed E-state index contributed by atoms with van der Waals surface area (Å²) < 4.78 is 8.24. The lowest BCUT2D eigenvalue weighted by atomic mass is 9.82. The van der Waals surface area contributed by atoms with Gasteiger partial charge in [0.25, 0.3) is 5.91 Å².